The number of carbonyl (C=O) groups is 20. The summed E-state index contributed by atoms with van der Waals surface area (Å²) in [5.41, 5.74) is 40.1. The predicted octanol–water partition coefficient (Wildman–Crippen LogP) is -8.18. The molecule has 0 bridgehead atoms. The second kappa shape index (κ2) is 63.2. The number of unbranched alkanes of at least 4 members (excludes halogenated alkanes) is 3. The number of carboxylic acid groups (broad SMARTS) is 5. The lowest BCUT2D eigenvalue weighted by Crippen LogP contribution is -2.61. The van der Waals surface area contributed by atoms with E-state index in [9.17, 15) is 117 Å². The Morgan fingerprint density at radius 3 is 0.933 bits per heavy atom. The summed E-state index contributed by atoms with van der Waals surface area (Å²) in [5, 5.41) is 113. The lowest BCUT2D eigenvalue weighted by atomic mass is 10.0. The third-order valence-corrected chi connectivity index (χ3v) is 20.5. The molecular formula is C82H135N27O26. The molecule has 1 aromatic heterocycles. The van der Waals surface area contributed by atoms with Gasteiger partial charge in [-0.3, -0.25) is 102 Å². The third-order valence-electron chi connectivity index (χ3n) is 20.5. The van der Waals surface area contributed by atoms with Crippen LogP contribution in [0.2, 0.25) is 0 Å². The van der Waals surface area contributed by atoms with Crippen molar-refractivity contribution < 1.29 is 127 Å². The smallest absolute Gasteiger partial charge is 0.326 e. The number of phenols is 1. The summed E-state index contributed by atoms with van der Waals surface area (Å²) in [6.45, 7) is 5.97. The molecule has 1 heterocycles. The monoisotopic (exact) mass is 1910 g/mol. The molecule has 53 nitrogen and oxygen atoms in total. The van der Waals surface area contributed by atoms with Crippen LogP contribution < -0.4 is 125 Å². The van der Waals surface area contributed by atoms with Crippen LogP contribution in [-0.2, 0) is 109 Å². The van der Waals surface area contributed by atoms with Crippen molar-refractivity contribution in [2.45, 2.75) is 285 Å². The molecule has 0 spiro atoms. The van der Waals surface area contributed by atoms with Crippen molar-refractivity contribution >= 4 is 130 Å². The van der Waals surface area contributed by atoms with Gasteiger partial charge < -0.3 is 161 Å². The molecule has 1 aromatic carbocycles. The first-order valence-corrected chi connectivity index (χ1v) is 44.1. The molecule has 0 aliphatic rings. The molecular weight excluding hydrogens is 1780 g/mol. The van der Waals surface area contributed by atoms with E-state index in [1.54, 1.807) is 13.8 Å². The molecule has 0 unspecified atom stereocenters. The highest BCUT2D eigenvalue weighted by molar-refractivity contribution is 6.01. The fourth-order valence-corrected chi connectivity index (χ4v) is 13.1. The van der Waals surface area contributed by atoms with Crippen molar-refractivity contribution in [1.82, 2.24) is 95.0 Å². The number of carboxylic acids is 5. The number of guanidine groups is 2. The predicted molar refractivity (Wildman–Crippen MR) is 480 cm³/mol. The van der Waals surface area contributed by atoms with Gasteiger partial charge in [-0.25, -0.2) is 9.78 Å². The van der Waals surface area contributed by atoms with Gasteiger partial charge in [-0.2, -0.15) is 0 Å². The summed E-state index contributed by atoms with van der Waals surface area (Å²) in [7, 11) is 0. The Hall–Kier alpha value is -14.0. The van der Waals surface area contributed by atoms with Gasteiger partial charge in [0.2, 0.25) is 88.6 Å². The highest BCUT2D eigenvalue weighted by Crippen LogP contribution is 2.18. The second-order valence-corrected chi connectivity index (χ2v) is 32.5. The zero-order valence-corrected chi connectivity index (χ0v) is 76.0. The lowest BCUT2D eigenvalue weighted by Gasteiger charge is -2.29. The molecule has 2 aromatic rings. The van der Waals surface area contributed by atoms with Crippen molar-refractivity contribution in [3.05, 3.63) is 48.0 Å². The normalized spacial score (nSPS) is 14.3. The second-order valence-electron chi connectivity index (χ2n) is 32.5. The van der Waals surface area contributed by atoms with E-state index in [2.05, 4.69) is 95.0 Å². The maximum Gasteiger partial charge on any atom is 0.326 e. The Morgan fingerprint density at radius 1 is 0.348 bits per heavy atom. The van der Waals surface area contributed by atoms with Gasteiger partial charge in [0, 0.05) is 64.2 Å². The van der Waals surface area contributed by atoms with Gasteiger partial charge in [0.15, 0.2) is 11.9 Å². The Bertz CT molecular complexity index is 4300. The number of aromatic amines is 1. The number of rotatable bonds is 70. The molecule has 39 N–H and O–H groups in total. The molecule has 0 saturated heterocycles. The van der Waals surface area contributed by atoms with Crippen molar-refractivity contribution in [1.29, 1.82) is 10.8 Å². The van der Waals surface area contributed by atoms with E-state index in [-0.39, 0.29) is 133 Å². The number of nitrogens with zero attached hydrogens (tertiary/aromatic N) is 1. The molecule has 0 fully saturated rings. The molecule has 0 saturated carbocycles. The number of aromatic nitrogens is 2. The third kappa shape index (κ3) is 48.8. The van der Waals surface area contributed by atoms with Crippen LogP contribution in [0.1, 0.15) is 193 Å². The molecule has 0 radical (unpaired) electrons. The number of imidazole rings is 1. The maximum atomic E-state index is 15.1. The number of benzene rings is 1. The van der Waals surface area contributed by atoms with E-state index in [0.717, 1.165) is 0 Å². The number of aromatic hydroxyl groups is 1. The van der Waals surface area contributed by atoms with Crippen LogP contribution in [0, 0.1) is 16.7 Å². The Labute approximate surface area is 777 Å². The van der Waals surface area contributed by atoms with Crippen LogP contribution >= 0.6 is 0 Å². The number of phenolic OH excluding ortho intramolecular Hbond substituents is 1. The summed E-state index contributed by atoms with van der Waals surface area (Å²) < 4.78 is 0. The fourth-order valence-electron chi connectivity index (χ4n) is 13.1. The van der Waals surface area contributed by atoms with Gasteiger partial charge in [0.25, 0.3) is 0 Å². The van der Waals surface area contributed by atoms with Crippen molar-refractivity contribution in [3.63, 3.8) is 0 Å². The van der Waals surface area contributed by atoms with E-state index < -0.39 is 304 Å². The molecule has 0 aliphatic heterocycles. The summed E-state index contributed by atoms with van der Waals surface area (Å²) >= 11 is 0. The summed E-state index contributed by atoms with van der Waals surface area (Å²) in [5.74, 6) is -25.1. The van der Waals surface area contributed by atoms with Gasteiger partial charge in [-0.05, 0) is 179 Å². The van der Waals surface area contributed by atoms with E-state index in [0.29, 0.717) is 6.42 Å². The number of primary amides is 1. The van der Waals surface area contributed by atoms with E-state index in [1.165, 1.54) is 50.6 Å². The number of aliphatic carboxylic acids is 5. The van der Waals surface area contributed by atoms with Gasteiger partial charge in [0.05, 0.1) is 18.1 Å². The van der Waals surface area contributed by atoms with Crippen LogP contribution in [0.25, 0.3) is 0 Å². The highest BCUT2D eigenvalue weighted by Gasteiger charge is 2.39. The maximum absolute atomic E-state index is 15.1. The van der Waals surface area contributed by atoms with Crippen molar-refractivity contribution in [2.75, 3.05) is 32.7 Å². The Kier molecular flexibility index (Phi) is 54.8. The first-order chi connectivity index (χ1) is 63.7. The Morgan fingerprint density at radius 2 is 0.630 bits per heavy atom. The highest BCUT2D eigenvalue weighted by atomic mass is 16.4. The number of H-pyrrole nitrogens is 1. The zero-order valence-electron chi connectivity index (χ0n) is 76.0. The SMILES string of the molecule is CC(C)C[C@H](NC(=O)[C@H](C)NC(=O)[C@H](CCCCN)NC(=O)[C@H](CCC(=O)O)NC(=O)[C@H](C)N)C(=O)N[C@@H](CCC(N)=O)C(=O)N[C@@H](CCC(=O)O)C(=O)N[C@@H](Cc1ccc(O)cc1)C(=O)N[C@@H](CCCNC(=N)N)C(=O)N[C@@H](CCCCN)C(=O)N[C@@H](CCCCN)C(=O)N[C@@H](Cc1c[nH]cn1)C(=O)N[C@@H](CCCNC(=N)N)C(=O)N[C@@H](CCC(=O)O)C(=O)N[C@@H](CCC(=O)O)C(=O)O. The van der Waals surface area contributed by atoms with Gasteiger partial charge in [0.1, 0.15) is 90.3 Å². The molecule has 15 amide bonds. The molecule has 53 heteroatoms. The van der Waals surface area contributed by atoms with Crippen molar-refractivity contribution in [2.24, 2.45) is 46.1 Å². The van der Waals surface area contributed by atoms with Gasteiger partial charge in [-0.15, -0.1) is 0 Å². The van der Waals surface area contributed by atoms with Gasteiger partial charge in [-0.1, -0.05) is 26.0 Å². The minimum atomic E-state index is -1.94. The first kappa shape index (κ1) is 117. The fraction of sp³-hybridized carbons (Fsp3) is 0.622. The quantitative estimate of drug-likeness (QED) is 0.0166. The zero-order chi connectivity index (χ0) is 102. The van der Waals surface area contributed by atoms with Crippen molar-refractivity contribution in [3.8, 4) is 5.75 Å². The largest absolute Gasteiger partial charge is 0.508 e. The minimum Gasteiger partial charge on any atom is -0.508 e. The summed E-state index contributed by atoms with van der Waals surface area (Å²) in [6.07, 6.45) is -4.99. The number of nitrogens with one attached hydrogen (secondary N) is 19. The average Bonchev–Trinajstić information content (AvgIpc) is 1.80. The topological polar surface area (TPSA) is 914 Å². The standard InChI is InChI=1S/C82H135N27O26/c1-42(2)37-58(107-67(121)44(4)96-68(122)48(13-5-8-32-83)98-74(128)54(23-28-62(112)113)97-66(120)43(3)86)77(131)105-53(22-27-61(87)111)73(127)104-56(25-30-64(116)117)76(130)108-59(38-45-18-20-47(110)21-19-45)78(132)101-51(16-11-35-93-81(88)89)70(124)99-49(14-6-9-33-84)69(123)100-50(15-7-10-34-85)72(126)109-60(39-46-40-92-41-95-46)79(133)102-52(17-12-36-94-82(90)91)71(125)103-55(24-29-63(114)115)75(129)106-57(80(134)135)26-31-65(118)119/h18-21,40-44,48-60,110H,5-17,22-39,83-86H2,1-4H3,(H2,87,111)(H,92,95)(H,96,122)(H,97,120)(H,98,128)(H,99,124)(H,100,123)(H,101,132)(H,102,133)(H,103,125)(H,104,127)(H,105,131)(H,106,129)(H,107,121)(H,108,130)(H,109,126)(H,112,113)(H,114,115)(H,116,117)(H,118,119)(H,134,135)(H4,88,89,93)(H4,90,91,94)/t43-,44-,48-,49-,50-,51-,52-,53-,54-,55-,56-,57-,58-,59-,60-/m0/s1. The van der Waals surface area contributed by atoms with Gasteiger partial charge >= 0.3 is 29.8 Å². The first-order valence-electron chi connectivity index (χ1n) is 44.1. The lowest BCUT2D eigenvalue weighted by molar-refractivity contribution is -0.144. The summed E-state index contributed by atoms with van der Waals surface area (Å²) in [4.78, 5) is 279. The Balaban J connectivity index is 2.75. The minimum absolute atomic E-state index is 0.0549. The number of nitrogens with two attached hydrogens (primary N) is 7. The molecule has 15 atom stereocenters. The van der Waals surface area contributed by atoms with E-state index in [4.69, 9.17) is 51.0 Å². The average molecular weight is 1920 g/mol. The van der Waals surface area contributed by atoms with E-state index >= 15 is 9.59 Å². The number of hydrogen-bond acceptors (Lipinski definition) is 28. The van der Waals surface area contributed by atoms with E-state index in [1.807, 2.05) is 0 Å². The molecule has 2 rings (SSSR count). The molecule has 754 valence electrons. The van der Waals surface area contributed by atoms with Crippen LogP contribution in [0.3, 0.4) is 0 Å². The van der Waals surface area contributed by atoms with Crippen LogP contribution in [0.4, 0.5) is 0 Å². The number of carbonyl (C=O) groups excluding carboxylic acids is 15. The van der Waals surface area contributed by atoms with Crippen LogP contribution in [0.15, 0.2) is 36.8 Å². The number of hydrogen-bond donors (Lipinski definition) is 32. The molecule has 0 aliphatic carbocycles. The summed E-state index contributed by atoms with van der Waals surface area (Å²) in [6, 6.07) is -19.5. The number of amides is 15. The molecule has 135 heavy (non-hydrogen) atoms. The van der Waals surface area contributed by atoms with Crippen LogP contribution in [0.5, 0.6) is 5.75 Å². The van der Waals surface area contributed by atoms with Crippen LogP contribution in [-0.4, -0.2) is 294 Å².